The van der Waals surface area contributed by atoms with Crippen molar-refractivity contribution in [3.63, 3.8) is 0 Å². The maximum atomic E-state index is 13.0. The zero-order chi connectivity index (χ0) is 28.1. The molecule has 0 bridgehead atoms. The summed E-state index contributed by atoms with van der Waals surface area (Å²) in [5, 5.41) is 4.44. The van der Waals surface area contributed by atoms with E-state index in [4.69, 9.17) is 9.47 Å². The number of amides is 3. The van der Waals surface area contributed by atoms with E-state index < -0.39 is 17.1 Å². The largest absolute Gasteiger partial charge is 0.490 e. The van der Waals surface area contributed by atoms with Gasteiger partial charge < -0.3 is 14.8 Å². The molecule has 3 amide bonds. The topological polar surface area (TPSA) is 84.9 Å². The van der Waals surface area contributed by atoms with Crippen molar-refractivity contribution in [2.75, 3.05) is 18.5 Å². The molecular formula is C31H25BrN2O5S. The number of carbonyl (C=O) groups excluding carboxylic acids is 3. The number of benzene rings is 4. The summed E-state index contributed by atoms with van der Waals surface area (Å²) in [7, 11) is 0. The Hall–Kier alpha value is -4.08. The normalized spacial score (nSPS) is 14.2. The zero-order valence-corrected chi connectivity index (χ0v) is 24.0. The molecule has 0 aliphatic carbocycles. The second-order valence-electron chi connectivity index (χ2n) is 8.87. The summed E-state index contributed by atoms with van der Waals surface area (Å²) >= 11 is 4.38. The van der Waals surface area contributed by atoms with Gasteiger partial charge in [0.05, 0.1) is 16.0 Å². The minimum absolute atomic E-state index is 0.219. The lowest BCUT2D eigenvalue weighted by Crippen LogP contribution is -2.36. The van der Waals surface area contributed by atoms with Gasteiger partial charge in [0.15, 0.2) is 11.5 Å². The smallest absolute Gasteiger partial charge is 0.294 e. The highest BCUT2D eigenvalue weighted by molar-refractivity contribution is 9.10. The molecule has 202 valence electrons. The first-order valence-electron chi connectivity index (χ1n) is 12.6. The fraction of sp³-hybridized carbons (Fsp3) is 0.129. The van der Waals surface area contributed by atoms with Crippen LogP contribution in [0.15, 0.2) is 94.3 Å². The maximum absolute atomic E-state index is 13.0. The lowest BCUT2D eigenvalue weighted by atomic mass is 10.1. The van der Waals surface area contributed by atoms with Gasteiger partial charge in [-0.1, -0.05) is 60.7 Å². The van der Waals surface area contributed by atoms with Crippen LogP contribution in [0.1, 0.15) is 18.1 Å². The average molecular weight is 618 g/mol. The van der Waals surface area contributed by atoms with Crippen molar-refractivity contribution in [1.29, 1.82) is 0 Å². The Morgan fingerprint density at radius 3 is 2.52 bits per heavy atom. The van der Waals surface area contributed by atoms with Crippen LogP contribution in [0.2, 0.25) is 0 Å². The number of imide groups is 1. The van der Waals surface area contributed by atoms with Gasteiger partial charge in [-0.05, 0) is 86.9 Å². The number of thioether (sulfide) groups is 1. The van der Waals surface area contributed by atoms with Crippen LogP contribution in [0, 0.1) is 0 Å². The number of nitrogens with zero attached hydrogens (tertiary/aromatic N) is 1. The molecule has 0 spiro atoms. The number of carbonyl (C=O) groups is 3. The number of halogens is 1. The molecule has 4 aromatic rings. The molecule has 0 atom stereocenters. The van der Waals surface area contributed by atoms with E-state index in [1.165, 1.54) is 0 Å². The number of anilines is 1. The molecule has 0 radical (unpaired) electrons. The number of nitrogens with one attached hydrogen (secondary N) is 1. The van der Waals surface area contributed by atoms with Gasteiger partial charge in [-0.2, -0.15) is 0 Å². The third-order valence-electron chi connectivity index (χ3n) is 6.11. The van der Waals surface area contributed by atoms with Crippen molar-refractivity contribution < 1.29 is 23.9 Å². The number of fused-ring (bicyclic) bond motifs is 1. The third kappa shape index (κ3) is 6.21. The Bertz CT molecular complexity index is 1620. The molecule has 1 aliphatic heterocycles. The van der Waals surface area contributed by atoms with Gasteiger partial charge in [0.1, 0.15) is 13.2 Å². The van der Waals surface area contributed by atoms with Crippen molar-refractivity contribution in [3.8, 4) is 11.5 Å². The highest BCUT2D eigenvalue weighted by atomic mass is 79.9. The van der Waals surface area contributed by atoms with Gasteiger partial charge in [-0.25, -0.2) is 0 Å². The van der Waals surface area contributed by atoms with Crippen LogP contribution in [-0.2, 0) is 16.2 Å². The summed E-state index contributed by atoms with van der Waals surface area (Å²) in [6, 6.07) is 26.7. The SMILES string of the molecule is CCOc1cc(/C=C2/SC(=O)N(CC(=O)Nc3ccccc3)C2=O)cc(Br)c1OCc1cccc2ccccc12. The molecule has 1 saturated heterocycles. The van der Waals surface area contributed by atoms with E-state index in [0.717, 1.165) is 33.0 Å². The Labute approximate surface area is 244 Å². The molecule has 7 nitrogen and oxygen atoms in total. The molecule has 0 unspecified atom stereocenters. The van der Waals surface area contributed by atoms with Crippen molar-refractivity contribution in [1.82, 2.24) is 4.90 Å². The minimum atomic E-state index is -0.524. The van der Waals surface area contributed by atoms with Crippen LogP contribution in [-0.4, -0.2) is 35.1 Å². The Kier molecular flexibility index (Phi) is 8.52. The van der Waals surface area contributed by atoms with Crippen molar-refractivity contribution in [3.05, 3.63) is 105 Å². The van der Waals surface area contributed by atoms with Gasteiger partial charge in [-0.15, -0.1) is 0 Å². The van der Waals surface area contributed by atoms with Crippen molar-refractivity contribution in [2.24, 2.45) is 0 Å². The fourth-order valence-electron chi connectivity index (χ4n) is 4.30. The zero-order valence-electron chi connectivity index (χ0n) is 21.6. The van der Waals surface area contributed by atoms with E-state index in [-0.39, 0.29) is 11.4 Å². The van der Waals surface area contributed by atoms with Crippen molar-refractivity contribution in [2.45, 2.75) is 13.5 Å². The highest BCUT2D eigenvalue weighted by Crippen LogP contribution is 2.40. The van der Waals surface area contributed by atoms with E-state index in [1.807, 2.05) is 37.3 Å². The average Bonchev–Trinajstić information content (AvgIpc) is 3.20. The van der Waals surface area contributed by atoms with E-state index in [1.54, 1.807) is 42.5 Å². The highest BCUT2D eigenvalue weighted by Gasteiger charge is 2.36. The maximum Gasteiger partial charge on any atom is 0.294 e. The molecule has 1 aliphatic rings. The molecule has 9 heteroatoms. The first-order chi connectivity index (χ1) is 19.4. The van der Waals surface area contributed by atoms with Gasteiger partial charge in [-0.3, -0.25) is 19.3 Å². The standard InChI is InChI=1S/C31H25BrN2O5S/c1-2-38-26-16-20(15-25(32)29(26)39-19-22-11-8-10-21-9-6-7-14-24(21)22)17-27-30(36)34(31(37)40-27)18-28(35)33-23-12-4-3-5-13-23/h3-17H,2,18-19H2,1H3,(H,33,35)/b27-17+. The summed E-state index contributed by atoms with van der Waals surface area (Å²) in [6.07, 6.45) is 1.61. The van der Waals surface area contributed by atoms with E-state index in [2.05, 4.69) is 39.4 Å². The third-order valence-corrected chi connectivity index (χ3v) is 7.61. The van der Waals surface area contributed by atoms with Crippen LogP contribution < -0.4 is 14.8 Å². The molecule has 5 rings (SSSR count). The molecular weight excluding hydrogens is 592 g/mol. The number of hydrogen-bond acceptors (Lipinski definition) is 6. The predicted octanol–water partition coefficient (Wildman–Crippen LogP) is 7.26. The lowest BCUT2D eigenvalue weighted by Gasteiger charge is -2.16. The van der Waals surface area contributed by atoms with Crippen LogP contribution >= 0.6 is 27.7 Å². The van der Waals surface area contributed by atoms with Crippen LogP contribution in [0.25, 0.3) is 16.8 Å². The quantitative estimate of drug-likeness (QED) is 0.199. The molecule has 0 aromatic heterocycles. The van der Waals surface area contributed by atoms with Crippen molar-refractivity contribution >= 4 is 67.3 Å². The Morgan fingerprint density at radius 2 is 1.73 bits per heavy atom. The molecule has 1 N–H and O–H groups in total. The lowest BCUT2D eigenvalue weighted by molar-refractivity contribution is -0.127. The van der Waals surface area contributed by atoms with Crippen LogP contribution in [0.5, 0.6) is 11.5 Å². The second kappa shape index (κ2) is 12.4. The first-order valence-corrected chi connectivity index (χ1v) is 14.2. The number of para-hydroxylation sites is 1. The van der Waals surface area contributed by atoms with Crippen LogP contribution in [0.4, 0.5) is 10.5 Å². The number of hydrogen-bond donors (Lipinski definition) is 1. The summed E-state index contributed by atoms with van der Waals surface area (Å²) in [4.78, 5) is 39.2. The number of ether oxygens (including phenoxy) is 2. The Balaban J connectivity index is 1.33. The monoisotopic (exact) mass is 616 g/mol. The summed E-state index contributed by atoms with van der Waals surface area (Å²) in [5.41, 5.74) is 2.28. The second-order valence-corrected chi connectivity index (χ2v) is 10.7. The van der Waals surface area contributed by atoms with Gasteiger partial charge >= 0.3 is 0 Å². The summed E-state index contributed by atoms with van der Waals surface area (Å²) in [5.74, 6) is 0.0647. The van der Waals surface area contributed by atoms with E-state index in [9.17, 15) is 14.4 Å². The van der Waals surface area contributed by atoms with Gasteiger partial charge in [0, 0.05) is 5.69 Å². The van der Waals surface area contributed by atoms with E-state index >= 15 is 0 Å². The molecule has 1 fully saturated rings. The fourth-order valence-corrected chi connectivity index (χ4v) is 5.71. The Morgan fingerprint density at radius 1 is 0.975 bits per heavy atom. The van der Waals surface area contributed by atoms with Crippen LogP contribution in [0.3, 0.4) is 0 Å². The molecule has 1 heterocycles. The predicted molar refractivity (Wildman–Crippen MR) is 161 cm³/mol. The molecule has 0 saturated carbocycles. The first kappa shape index (κ1) is 27.5. The minimum Gasteiger partial charge on any atom is -0.490 e. The molecule has 40 heavy (non-hydrogen) atoms. The summed E-state index contributed by atoms with van der Waals surface area (Å²) < 4.78 is 12.7. The van der Waals surface area contributed by atoms with Gasteiger partial charge in [0.25, 0.3) is 11.1 Å². The van der Waals surface area contributed by atoms with E-state index in [0.29, 0.717) is 40.4 Å². The molecule has 4 aromatic carbocycles. The summed E-state index contributed by atoms with van der Waals surface area (Å²) in [6.45, 7) is 2.25. The number of rotatable bonds is 9. The van der Waals surface area contributed by atoms with Gasteiger partial charge in [0.2, 0.25) is 5.91 Å².